The maximum Gasteiger partial charge on any atom is 0.236 e. The Balaban J connectivity index is 1.68. The van der Waals surface area contributed by atoms with Gasteiger partial charge in [-0.15, -0.1) is 0 Å². The standard InChI is InChI=1S/C24H30N2O5S2/c1-19(2)26(22-9-11-23(12-10-22)32(3,28)29)24(27)21-13-16-25(17-14-21)33(30,31)18-15-20-7-5-4-6-8-20/h4-12,15,18-19,21H,13-14,16-17H2,1-3H3/b18-15+. The first-order valence-electron chi connectivity index (χ1n) is 10.9. The van der Waals surface area contributed by atoms with E-state index in [1.807, 2.05) is 44.2 Å². The van der Waals surface area contributed by atoms with Crippen LogP contribution in [0.3, 0.4) is 0 Å². The quantitative estimate of drug-likeness (QED) is 0.592. The molecule has 7 nitrogen and oxygen atoms in total. The van der Waals surface area contributed by atoms with Gasteiger partial charge in [0.1, 0.15) is 0 Å². The summed E-state index contributed by atoms with van der Waals surface area (Å²) in [5.74, 6) is -0.375. The average molecular weight is 491 g/mol. The van der Waals surface area contributed by atoms with Crippen molar-refractivity contribution in [1.82, 2.24) is 4.31 Å². The number of carbonyl (C=O) groups is 1. The number of rotatable bonds is 7. The lowest BCUT2D eigenvalue weighted by Crippen LogP contribution is -2.46. The van der Waals surface area contributed by atoms with Gasteiger partial charge in [-0.3, -0.25) is 4.79 Å². The summed E-state index contributed by atoms with van der Waals surface area (Å²) in [6.45, 7) is 4.35. The van der Waals surface area contributed by atoms with Crippen LogP contribution in [0.15, 0.2) is 64.9 Å². The van der Waals surface area contributed by atoms with Crippen LogP contribution in [0.2, 0.25) is 0 Å². The third kappa shape index (κ3) is 6.31. The molecule has 0 spiro atoms. The van der Waals surface area contributed by atoms with Crippen molar-refractivity contribution in [2.24, 2.45) is 5.92 Å². The maximum absolute atomic E-state index is 13.3. The molecule has 0 radical (unpaired) electrons. The zero-order valence-electron chi connectivity index (χ0n) is 19.1. The van der Waals surface area contributed by atoms with Crippen molar-refractivity contribution >= 4 is 37.5 Å². The third-order valence-electron chi connectivity index (χ3n) is 5.69. The van der Waals surface area contributed by atoms with Crippen molar-refractivity contribution in [2.75, 3.05) is 24.2 Å². The highest BCUT2D eigenvalue weighted by molar-refractivity contribution is 7.92. The summed E-state index contributed by atoms with van der Waals surface area (Å²) >= 11 is 0. The molecule has 33 heavy (non-hydrogen) atoms. The van der Waals surface area contributed by atoms with Gasteiger partial charge in [0.25, 0.3) is 0 Å². The molecule has 9 heteroatoms. The number of anilines is 1. The van der Waals surface area contributed by atoms with Crippen molar-refractivity contribution in [2.45, 2.75) is 37.6 Å². The molecule has 2 aromatic rings. The fraction of sp³-hybridized carbons (Fsp3) is 0.375. The van der Waals surface area contributed by atoms with Crippen molar-refractivity contribution in [1.29, 1.82) is 0 Å². The van der Waals surface area contributed by atoms with E-state index in [0.29, 0.717) is 18.5 Å². The molecule has 1 aliphatic rings. The van der Waals surface area contributed by atoms with Crippen LogP contribution in [-0.4, -0.2) is 52.4 Å². The Morgan fingerprint density at radius 3 is 2.06 bits per heavy atom. The number of benzene rings is 2. The van der Waals surface area contributed by atoms with Crippen LogP contribution in [0, 0.1) is 5.92 Å². The van der Waals surface area contributed by atoms with Gasteiger partial charge in [0.2, 0.25) is 15.9 Å². The van der Waals surface area contributed by atoms with Gasteiger partial charge in [-0.25, -0.2) is 16.8 Å². The van der Waals surface area contributed by atoms with Gasteiger partial charge < -0.3 is 4.90 Å². The Labute approximate surface area is 196 Å². The van der Waals surface area contributed by atoms with Gasteiger partial charge in [0.05, 0.1) is 4.90 Å². The molecule has 1 amide bonds. The third-order valence-corrected chi connectivity index (χ3v) is 8.39. The van der Waals surface area contributed by atoms with E-state index in [0.717, 1.165) is 11.8 Å². The second-order valence-electron chi connectivity index (χ2n) is 8.50. The SMILES string of the molecule is CC(C)N(C(=O)C1CCN(S(=O)(=O)/C=C/c2ccccc2)CC1)c1ccc(S(C)(=O)=O)cc1. The summed E-state index contributed by atoms with van der Waals surface area (Å²) in [5, 5.41) is 1.22. The summed E-state index contributed by atoms with van der Waals surface area (Å²) < 4.78 is 50.3. The lowest BCUT2D eigenvalue weighted by atomic mass is 9.95. The van der Waals surface area contributed by atoms with E-state index in [-0.39, 0.29) is 35.9 Å². The number of sulfonamides is 1. The highest BCUT2D eigenvalue weighted by atomic mass is 32.2. The molecule has 0 saturated carbocycles. The maximum atomic E-state index is 13.3. The molecule has 1 heterocycles. The van der Waals surface area contributed by atoms with Crippen LogP contribution in [0.1, 0.15) is 32.3 Å². The molecule has 0 aliphatic carbocycles. The molecule has 3 rings (SSSR count). The van der Waals surface area contributed by atoms with Gasteiger partial charge in [0.15, 0.2) is 9.84 Å². The molecule has 0 bridgehead atoms. The predicted molar refractivity (Wildman–Crippen MR) is 131 cm³/mol. The molecule has 2 aromatic carbocycles. The molecule has 0 atom stereocenters. The normalized spacial score (nSPS) is 16.4. The molecule has 178 valence electrons. The summed E-state index contributed by atoms with van der Waals surface area (Å²) in [6.07, 6.45) is 3.58. The van der Waals surface area contributed by atoms with E-state index in [1.54, 1.807) is 23.1 Å². The first kappa shape index (κ1) is 25.1. The fourth-order valence-electron chi connectivity index (χ4n) is 3.90. The molecular formula is C24H30N2O5S2. The molecular weight excluding hydrogens is 460 g/mol. The molecule has 0 unspecified atom stereocenters. The van der Waals surface area contributed by atoms with Crippen molar-refractivity contribution in [3.05, 3.63) is 65.6 Å². The lowest BCUT2D eigenvalue weighted by molar-refractivity contribution is -0.123. The van der Waals surface area contributed by atoms with Crippen LogP contribution >= 0.6 is 0 Å². The van der Waals surface area contributed by atoms with E-state index >= 15 is 0 Å². The Hall–Kier alpha value is -2.49. The number of hydrogen-bond donors (Lipinski definition) is 0. The first-order valence-corrected chi connectivity index (χ1v) is 14.2. The molecule has 0 aromatic heterocycles. The van der Waals surface area contributed by atoms with Gasteiger partial charge in [-0.05, 0) is 62.6 Å². The largest absolute Gasteiger partial charge is 0.310 e. The van der Waals surface area contributed by atoms with Crippen LogP contribution in [0.4, 0.5) is 5.69 Å². The van der Waals surface area contributed by atoms with E-state index < -0.39 is 19.9 Å². The van der Waals surface area contributed by atoms with Gasteiger partial charge in [-0.1, -0.05) is 30.3 Å². The van der Waals surface area contributed by atoms with Gasteiger partial charge in [-0.2, -0.15) is 4.31 Å². The molecule has 1 fully saturated rings. The minimum Gasteiger partial charge on any atom is -0.310 e. The molecule has 1 aliphatic heterocycles. The number of nitrogens with zero attached hydrogens (tertiary/aromatic N) is 2. The summed E-state index contributed by atoms with van der Waals surface area (Å²) in [6, 6.07) is 15.4. The second-order valence-corrected chi connectivity index (χ2v) is 12.3. The van der Waals surface area contributed by atoms with E-state index in [9.17, 15) is 21.6 Å². The summed E-state index contributed by atoms with van der Waals surface area (Å²) in [4.78, 5) is 15.2. The topological polar surface area (TPSA) is 91.8 Å². The minimum absolute atomic E-state index is 0.0750. The van der Waals surface area contributed by atoms with Crippen LogP contribution in [0.25, 0.3) is 6.08 Å². The summed E-state index contributed by atoms with van der Waals surface area (Å²) in [5.41, 5.74) is 1.43. The number of carbonyl (C=O) groups excluding carboxylic acids is 1. The smallest absolute Gasteiger partial charge is 0.236 e. The summed E-state index contributed by atoms with van der Waals surface area (Å²) in [7, 11) is -6.89. The van der Waals surface area contributed by atoms with E-state index in [2.05, 4.69) is 0 Å². The van der Waals surface area contributed by atoms with Crippen LogP contribution in [-0.2, 0) is 24.7 Å². The monoisotopic (exact) mass is 490 g/mol. The lowest BCUT2D eigenvalue weighted by Gasteiger charge is -2.35. The van der Waals surface area contributed by atoms with Crippen molar-refractivity contribution in [3.63, 3.8) is 0 Å². The van der Waals surface area contributed by atoms with Crippen molar-refractivity contribution < 1.29 is 21.6 Å². The number of sulfone groups is 1. The zero-order chi connectivity index (χ0) is 24.2. The van der Waals surface area contributed by atoms with Crippen molar-refractivity contribution in [3.8, 4) is 0 Å². The highest BCUT2D eigenvalue weighted by Crippen LogP contribution is 2.27. The predicted octanol–water partition coefficient (Wildman–Crippen LogP) is 3.54. The zero-order valence-corrected chi connectivity index (χ0v) is 20.7. The molecule has 1 saturated heterocycles. The second kappa shape index (κ2) is 10.2. The minimum atomic E-state index is -3.57. The Bertz CT molecular complexity index is 1200. The van der Waals surface area contributed by atoms with Gasteiger partial charge >= 0.3 is 0 Å². The average Bonchev–Trinajstić information content (AvgIpc) is 2.78. The first-order chi connectivity index (χ1) is 15.5. The molecule has 0 N–H and O–H groups in total. The number of hydrogen-bond acceptors (Lipinski definition) is 5. The van der Waals surface area contributed by atoms with Crippen LogP contribution < -0.4 is 4.90 Å². The van der Waals surface area contributed by atoms with E-state index in [1.165, 1.54) is 21.8 Å². The Morgan fingerprint density at radius 2 is 1.55 bits per heavy atom. The highest BCUT2D eigenvalue weighted by Gasteiger charge is 2.33. The Morgan fingerprint density at radius 1 is 0.970 bits per heavy atom. The number of piperidine rings is 1. The van der Waals surface area contributed by atoms with Gasteiger partial charge in [0, 0.05) is 42.4 Å². The number of amides is 1. The van der Waals surface area contributed by atoms with Crippen LogP contribution in [0.5, 0.6) is 0 Å². The Kier molecular flexibility index (Phi) is 7.76. The fourth-order valence-corrected chi connectivity index (χ4v) is 5.75. The van der Waals surface area contributed by atoms with E-state index in [4.69, 9.17) is 0 Å².